The van der Waals surface area contributed by atoms with Crippen molar-refractivity contribution in [2.45, 2.75) is 6.42 Å². The van der Waals surface area contributed by atoms with Gasteiger partial charge in [0.25, 0.3) is 0 Å². The Morgan fingerprint density at radius 3 is 2.73 bits per heavy atom. The number of methoxy groups -OCH3 is 1. The maximum absolute atomic E-state index is 11.4. The largest absolute Gasteiger partial charge is 0.469 e. The van der Waals surface area contributed by atoms with Crippen LogP contribution < -0.4 is 0 Å². The van der Waals surface area contributed by atoms with Crippen LogP contribution in [0.2, 0.25) is 0 Å². The lowest BCUT2D eigenvalue weighted by Crippen LogP contribution is -2.29. The number of hydrogen-bond acceptors (Lipinski definition) is 2. The summed E-state index contributed by atoms with van der Waals surface area (Å²) in [5, 5.41) is 0. The number of carbonyl (C=O) groups is 1. The van der Waals surface area contributed by atoms with Crippen LogP contribution in [0, 0.1) is 35.0 Å². The molecular formula is C9H10O2. The van der Waals surface area contributed by atoms with Gasteiger partial charge in [-0.05, 0) is 36.0 Å². The smallest absolute Gasteiger partial charge is 0.312 e. The first-order valence-corrected chi connectivity index (χ1v) is 4.42. The third-order valence-corrected chi connectivity index (χ3v) is 4.75. The minimum absolute atomic E-state index is 0.101. The second-order valence-electron chi connectivity index (χ2n) is 4.56. The molecule has 5 rings (SSSR count). The van der Waals surface area contributed by atoms with Crippen molar-refractivity contribution in [2.24, 2.45) is 35.0 Å². The van der Waals surface area contributed by atoms with Crippen LogP contribution in [0.15, 0.2) is 0 Å². The first-order chi connectivity index (χ1) is 5.33. The van der Waals surface area contributed by atoms with E-state index in [0.717, 1.165) is 29.6 Å². The Kier molecular flexibility index (Phi) is 0.493. The molecule has 0 aromatic rings. The summed E-state index contributed by atoms with van der Waals surface area (Å²) in [5.74, 6) is 4.35. The van der Waals surface area contributed by atoms with E-state index in [2.05, 4.69) is 0 Å². The lowest BCUT2D eigenvalue weighted by atomic mass is 9.85. The molecule has 58 valence electrons. The Balaban J connectivity index is 1.82. The number of carbonyl (C=O) groups excluding carboxylic acids is 1. The fraction of sp³-hybridized carbons (Fsp3) is 0.889. The third-order valence-electron chi connectivity index (χ3n) is 4.75. The van der Waals surface area contributed by atoms with Crippen LogP contribution in [0.1, 0.15) is 6.42 Å². The van der Waals surface area contributed by atoms with Crippen LogP contribution in [-0.2, 0) is 9.53 Å². The van der Waals surface area contributed by atoms with E-state index in [-0.39, 0.29) is 11.4 Å². The first kappa shape index (κ1) is 5.18. The summed E-state index contributed by atoms with van der Waals surface area (Å²) in [6, 6.07) is 0. The molecule has 0 aliphatic heterocycles. The minimum Gasteiger partial charge on any atom is -0.469 e. The van der Waals surface area contributed by atoms with E-state index in [1.54, 1.807) is 0 Å². The van der Waals surface area contributed by atoms with Gasteiger partial charge in [-0.1, -0.05) is 0 Å². The lowest BCUT2D eigenvalue weighted by Gasteiger charge is -2.21. The summed E-state index contributed by atoms with van der Waals surface area (Å²) in [7, 11) is 1.53. The zero-order valence-electron chi connectivity index (χ0n) is 6.41. The minimum atomic E-state index is 0.101. The van der Waals surface area contributed by atoms with Crippen molar-refractivity contribution < 1.29 is 9.53 Å². The van der Waals surface area contributed by atoms with Crippen LogP contribution >= 0.6 is 0 Å². The first-order valence-electron chi connectivity index (χ1n) is 4.42. The Morgan fingerprint density at radius 2 is 2.36 bits per heavy atom. The number of rotatable bonds is 1. The third kappa shape index (κ3) is 0.256. The molecule has 11 heavy (non-hydrogen) atoms. The van der Waals surface area contributed by atoms with Crippen LogP contribution in [-0.4, -0.2) is 13.1 Å². The molecule has 5 unspecified atom stereocenters. The van der Waals surface area contributed by atoms with Crippen molar-refractivity contribution in [3.05, 3.63) is 0 Å². The van der Waals surface area contributed by atoms with Crippen molar-refractivity contribution >= 4 is 5.97 Å². The molecule has 5 aliphatic carbocycles. The Labute approximate surface area is 64.9 Å². The van der Waals surface area contributed by atoms with Gasteiger partial charge in [-0.15, -0.1) is 0 Å². The predicted molar refractivity (Wildman–Crippen MR) is 36.5 cm³/mol. The van der Waals surface area contributed by atoms with Crippen LogP contribution in [0.3, 0.4) is 0 Å². The normalized spacial score (nSPS) is 71.5. The fourth-order valence-electron chi connectivity index (χ4n) is 4.55. The second kappa shape index (κ2) is 1.05. The van der Waals surface area contributed by atoms with Gasteiger partial charge in [0, 0.05) is 0 Å². The van der Waals surface area contributed by atoms with Crippen LogP contribution in [0.25, 0.3) is 0 Å². The molecule has 5 aliphatic rings. The molecule has 0 amide bonds. The molecule has 0 aromatic carbocycles. The Bertz CT molecular complexity index is 264. The Morgan fingerprint density at radius 1 is 1.55 bits per heavy atom. The van der Waals surface area contributed by atoms with Gasteiger partial charge in [0.15, 0.2) is 0 Å². The number of esters is 1. The molecule has 2 heteroatoms. The molecule has 0 spiro atoms. The maximum Gasteiger partial charge on any atom is 0.312 e. The number of ether oxygens (including phenoxy) is 1. The van der Waals surface area contributed by atoms with Gasteiger partial charge in [-0.2, -0.15) is 0 Å². The topological polar surface area (TPSA) is 26.3 Å². The lowest BCUT2D eigenvalue weighted by molar-refractivity contribution is -0.151. The van der Waals surface area contributed by atoms with Gasteiger partial charge in [-0.3, -0.25) is 4.79 Å². The molecule has 2 nitrogen and oxygen atoms in total. The van der Waals surface area contributed by atoms with Crippen molar-refractivity contribution in [1.29, 1.82) is 0 Å². The molecule has 0 saturated heterocycles. The summed E-state index contributed by atoms with van der Waals surface area (Å²) in [4.78, 5) is 11.4. The van der Waals surface area contributed by atoms with E-state index in [0.29, 0.717) is 0 Å². The summed E-state index contributed by atoms with van der Waals surface area (Å²) in [5.41, 5.74) is 0.101. The van der Waals surface area contributed by atoms with Crippen LogP contribution in [0.4, 0.5) is 0 Å². The van der Waals surface area contributed by atoms with Gasteiger partial charge in [0.2, 0.25) is 0 Å². The van der Waals surface area contributed by atoms with Crippen molar-refractivity contribution in [3.63, 3.8) is 0 Å². The molecule has 6 atom stereocenters. The molecule has 0 N–H and O–H groups in total. The Hall–Kier alpha value is -0.530. The maximum atomic E-state index is 11.4. The molecule has 2 bridgehead atoms. The zero-order valence-corrected chi connectivity index (χ0v) is 6.41. The summed E-state index contributed by atoms with van der Waals surface area (Å²) in [6.07, 6.45) is 1.34. The zero-order chi connectivity index (χ0) is 7.38. The molecule has 0 aromatic heterocycles. The van der Waals surface area contributed by atoms with Gasteiger partial charge >= 0.3 is 5.97 Å². The van der Waals surface area contributed by atoms with Crippen molar-refractivity contribution in [2.75, 3.05) is 7.11 Å². The highest BCUT2D eigenvalue weighted by Gasteiger charge is 2.99. The second-order valence-corrected chi connectivity index (χ2v) is 4.56. The predicted octanol–water partition coefficient (Wildman–Crippen LogP) is 0.671. The number of hydrogen-bond donors (Lipinski definition) is 0. The van der Waals surface area contributed by atoms with E-state index < -0.39 is 0 Å². The SMILES string of the molecule is COC(=O)C12C3C4C[C@@H]1C2C43. The van der Waals surface area contributed by atoms with Gasteiger partial charge < -0.3 is 4.74 Å². The molecule has 0 radical (unpaired) electrons. The van der Waals surface area contributed by atoms with Gasteiger partial charge in [0.1, 0.15) is 0 Å². The quantitative estimate of drug-likeness (QED) is 0.513. The van der Waals surface area contributed by atoms with E-state index in [4.69, 9.17) is 4.74 Å². The molecular weight excluding hydrogens is 140 g/mol. The summed E-state index contributed by atoms with van der Waals surface area (Å²) >= 11 is 0. The summed E-state index contributed by atoms with van der Waals surface area (Å²) < 4.78 is 4.85. The fourth-order valence-corrected chi connectivity index (χ4v) is 4.55. The van der Waals surface area contributed by atoms with Gasteiger partial charge in [0.05, 0.1) is 12.5 Å². The van der Waals surface area contributed by atoms with Gasteiger partial charge in [-0.25, -0.2) is 0 Å². The standard InChI is InChI=1S/C9H10O2/c1-11-8(10)9-4-2-3-5(6(3)9)7(4)9/h3-7H,2H2,1H3/t3?,4-,5?,6?,7?,9?/m1/s1. The monoisotopic (exact) mass is 150 g/mol. The molecule has 5 fully saturated rings. The molecule has 5 saturated carbocycles. The van der Waals surface area contributed by atoms with E-state index in [9.17, 15) is 4.79 Å². The van der Waals surface area contributed by atoms with Crippen LogP contribution in [0.5, 0.6) is 0 Å². The average Bonchev–Trinajstić information content (AvgIpc) is 2.64. The highest BCUT2D eigenvalue weighted by molar-refractivity contribution is 5.87. The van der Waals surface area contributed by atoms with E-state index in [1.165, 1.54) is 13.5 Å². The highest BCUT2D eigenvalue weighted by Crippen LogP contribution is 2.98. The average molecular weight is 150 g/mol. The summed E-state index contributed by atoms with van der Waals surface area (Å²) in [6.45, 7) is 0. The van der Waals surface area contributed by atoms with E-state index >= 15 is 0 Å². The van der Waals surface area contributed by atoms with Crippen molar-refractivity contribution in [3.8, 4) is 0 Å². The van der Waals surface area contributed by atoms with E-state index in [1.807, 2.05) is 0 Å². The highest BCUT2D eigenvalue weighted by atomic mass is 16.5. The molecule has 0 heterocycles. The van der Waals surface area contributed by atoms with Crippen molar-refractivity contribution in [1.82, 2.24) is 0 Å².